The van der Waals surface area contributed by atoms with E-state index in [1.165, 1.54) is 12.4 Å². The van der Waals surface area contributed by atoms with Crippen LogP contribution in [0.2, 0.25) is 0 Å². The molecular weight excluding hydrogens is 356 g/mol. The molecule has 2 N–H and O–H groups in total. The van der Waals surface area contributed by atoms with E-state index in [-0.39, 0.29) is 11.9 Å². The van der Waals surface area contributed by atoms with Crippen LogP contribution in [0, 0.1) is 6.92 Å². The average molecular weight is 376 g/mol. The van der Waals surface area contributed by atoms with Gasteiger partial charge in [0.05, 0.1) is 17.7 Å². The smallest absolute Gasteiger partial charge is 0.338 e. The molecule has 0 atom stereocenters. The van der Waals surface area contributed by atoms with Crippen LogP contribution >= 0.6 is 0 Å². The van der Waals surface area contributed by atoms with Gasteiger partial charge in [0, 0.05) is 23.8 Å². The van der Waals surface area contributed by atoms with Gasteiger partial charge in [0.1, 0.15) is 0 Å². The zero-order valence-corrected chi connectivity index (χ0v) is 15.6. The van der Waals surface area contributed by atoms with Crippen LogP contribution in [0.1, 0.15) is 33.2 Å². The second-order valence-corrected chi connectivity index (χ2v) is 6.04. The van der Waals surface area contributed by atoms with Crippen LogP contribution in [-0.4, -0.2) is 28.5 Å². The summed E-state index contributed by atoms with van der Waals surface area (Å²) >= 11 is 0. The van der Waals surface area contributed by atoms with Gasteiger partial charge in [-0.2, -0.15) is 0 Å². The van der Waals surface area contributed by atoms with Crippen molar-refractivity contribution in [3.05, 3.63) is 77.6 Å². The molecule has 142 valence electrons. The molecule has 2 aromatic carbocycles. The number of benzene rings is 2. The summed E-state index contributed by atoms with van der Waals surface area (Å²) in [7, 11) is 0. The second-order valence-electron chi connectivity index (χ2n) is 6.04. The van der Waals surface area contributed by atoms with E-state index in [1.807, 2.05) is 31.2 Å². The molecule has 0 saturated carbocycles. The molecule has 0 radical (unpaired) electrons. The predicted octanol–water partition coefficient (Wildman–Crippen LogP) is 3.96. The lowest BCUT2D eigenvalue weighted by atomic mass is 10.2. The van der Waals surface area contributed by atoms with Crippen LogP contribution in [0.5, 0.6) is 0 Å². The summed E-state index contributed by atoms with van der Waals surface area (Å²) in [4.78, 5) is 32.3. The lowest BCUT2D eigenvalue weighted by Gasteiger charge is -2.08. The number of amides is 1. The van der Waals surface area contributed by atoms with Gasteiger partial charge in [0.25, 0.3) is 5.91 Å². The van der Waals surface area contributed by atoms with E-state index in [9.17, 15) is 9.59 Å². The standard InChI is InChI=1S/C21H20N4O3/c1-3-28-20(27)15-6-10-18(11-7-15)25-21-22-12-16(13-23-21)19(26)24-17-8-4-14(2)5-9-17/h4-13H,3H2,1-2H3,(H,24,26)(H,22,23,25). The van der Waals surface area contributed by atoms with Gasteiger partial charge in [-0.15, -0.1) is 0 Å². The molecule has 3 aromatic rings. The minimum absolute atomic E-state index is 0.283. The fraction of sp³-hybridized carbons (Fsp3) is 0.143. The lowest BCUT2D eigenvalue weighted by molar-refractivity contribution is 0.0526. The zero-order chi connectivity index (χ0) is 19.9. The molecule has 0 aliphatic rings. The Hall–Kier alpha value is -3.74. The quantitative estimate of drug-likeness (QED) is 0.633. The zero-order valence-electron chi connectivity index (χ0n) is 15.6. The minimum Gasteiger partial charge on any atom is -0.462 e. The molecule has 1 aromatic heterocycles. The van der Waals surface area contributed by atoms with Crippen molar-refractivity contribution in [2.75, 3.05) is 17.2 Å². The van der Waals surface area contributed by atoms with E-state index in [0.717, 1.165) is 5.56 Å². The number of nitrogens with zero attached hydrogens (tertiary/aromatic N) is 2. The number of hydrogen-bond acceptors (Lipinski definition) is 6. The maximum absolute atomic E-state index is 12.3. The van der Waals surface area contributed by atoms with Crippen LogP contribution in [0.4, 0.5) is 17.3 Å². The third-order valence-electron chi connectivity index (χ3n) is 3.88. The molecule has 0 saturated heterocycles. The molecule has 1 heterocycles. The molecule has 0 spiro atoms. The van der Waals surface area contributed by atoms with Crippen molar-refractivity contribution in [1.29, 1.82) is 0 Å². The average Bonchev–Trinajstić information content (AvgIpc) is 2.71. The first-order valence-electron chi connectivity index (χ1n) is 8.79. The van der Waals surface area contributed by atoms with Crippen LogP contribution in [0.3, 0.4) is 0 Å². The Balaban J connectivity index is 1.61. The summed E-state index contributed by atoms with van der Waals surface area (Å²) in [6.07, 6.45) is 2.90. The molecule has 7 heteroatoms. The number of carbonyl (C=O) groups is 2. The second kappa shape index (κ2) is 8.77. The van der Waals surface area contributed by atoms with E-state index >= 15 is 0 Å². The molecule has 0 aliphatic heterocycles. The summed E-state index contributed by atoms with van der Waals surface area (Å²) in [6, 6.07) is 14.3. The highest BCUT2D eigenvalue weighted by Gasteiger charge is 2.09. The summed E-state index contributed by atoms with van der Waals surface area (Å²) in [5.41, 5.74) is 3.36. The number of anilines is 3. The molecule has 0 bridgehead atoms. The van der Waals surface area contributed by atoms with Gasteiger partial charge >= 0.3 is 5.97 Å². The number of carbonyl (C=O) groups excluding carboxylic acids is 2. The highest BCUT2D eigenvalue weighted by molar-refractivity contribution is 6.03. The molecule has 28 heavy (non-hydrogen) atoms. The van der Waals surface area contributed by atoms with E-state index in [0.29, 0.717) is 35.1 Å². The molecule has 0 aliphatic carbocycles. The van der Waals surface area contributed by atoms with Gasteiger partial charge in [-0.3, -0.25) is 4.79 Å². The SMILES string of the molecule is CCOC(=O)c1ccc(Nc2ncc(C(=O)Nc3ccc(C)cc3)cn2)cc1. The van der Waals surface area contributed by atoms with Crippen molar-refractivity contribution >= 4 is 29.2 Å². The molecule has 1 amide bonds. The summed E-state index contributed by atoms with van der Waals surface area (Å²) in [5.74, 6) is -0.306. The van der Waals surface area contributed by atoms with Crippen LogP contribution < -0.4 is 10.6 Å². The minimum atomic E-state index is -0.366. The summed E-state index contributed by atoms with van der Waals surface area (Å²) < 4.78 is 4.95. The maximum Gasteiger partial charge on any atom is 0.338 e. The van der Waals surface area contributed by atoms with Gasteiger partial charge < -0.3 is 15.4 Å². The Morgan fingerprint density at radius 2 is 1.50 bits per heavy atom. The van der Waals surface area contributed by atoms with Gasteiger partial charge in [0.2, 0.25) is 5.95 Å². The molecule has 3 rings (SSSR count). The van der Waals surface area contributed by atoms with E-state index in [1.54, 1.807) is 31.2 Å². The Morgan fingerprint density at radius 3 is 2.11 bits per heavy atom. The number of rotatable bonds is 6. The predicted molar refractivity (Wildman–Crippen MR) is 107 cm³/mol. The van der Waals surface area contributed by atoms with Gasteiger partial charge in [-0.05, 0) is 50.2 Å². The fourth-order valence-electron chi connectivity index (χ4n) is 2.38. The lowest BCUT2D eigenvalue weighted by Crippen LogP contribution is -2.13. The van der Waals surface area contributed by atoms with Crippen molar-refractivity contribution in [2.24, 2.45) is 0 Å². The largest absolute Gasteiger partial charge is 0.462 e. The van der Waals surface area contributed by atoms with Gasteiger partial charge in [0.15, 0.2) is 0 Å². The highest BCUT2D eigenvalue weighted by Crippen LogP contribution is 2.15. The Labute approximate surface area is 162 Å². The van der Waals surface area contributed by atoms with Crippen molar-refractivity contribution in [2.45, 2.75) is 13.8 Å². The van der Waals surface area contributed by atoms with E-state index < -0.39 is 0 Å². The first-order valence-corrected chi connectivity index (χ1v) is 8.79. The molecule has 0 unspecified atom stereocenters. The van der Waals surface area contributed by atoms with Gasteiger partial charge in [-0.1, -0.05) is 17.7 Å². The summed E-state index contributed by atoms with van der Waals surface area (Å²) in [6.45, 7) is 4.07. The number of aryl methyl sites for hydroxylation is 1. The van der Waals surface area contributed by atoms with E-state index in [4.69, 9.17) is 4.74 Å². The Morgan fingerprint density at radius 1 is 0.893 bits per heavy atom. The third kappa shape index (κ3) is 4.91. The topological polar surface area (TPSA) is 93.2 Å². The van der Waals surface area contributed by atoms with Crippen molar-refractivity contribution < 1.29 is 14.3 Å². The van der Waals surface area contributed by atoms with Crippen molar-refractivity contribution in [3.63, 3.8) is 0 Å². The number of ether oxygens (including phenoxy) is 1. The van der Waals surface area contributed by atoms with Crippen molar-refractivity contribution in [3.8, 4) is 0 Å². The summed E-state index contributed by atoms with van der Waals surface area (Å²) in [5, 5.41) is 5.82. The Kier molecular flexibility index (Phi) is 5.96. The van der Waals surface area contributed by atoms with Gasteiger partial charge in [-0.25, -0.2) is 14.8 Å². The first kappa shape index (κ1) is 19.0. The normalized spacial score (nSPS) is 10.2. The number of esters is 1. The monoisotopic (exact) mass is 376 g/mol. The van der Waals surface area contributed by atoms with E-state index in [2.05, 4.69) is 20.6 Å². The fourth-order valence-corrected chi connectivity index (χ4v) is 2.38. The highest BCUT2D eigenvalue weighted by atomic mass is 16.5. The van der Waals surface area contributed by atoms with Crippen LogP contribution in [0.25, 0.3) is 0 Å². The number of hydrogen-bond donors (Lipinski definition) is 2. The van der Waals surface area contributed by atoms with Crippen molar-refractivity contribution in [1.82, 2.24) is 9.97 Å². The van der Waals surface area contributed by atoms with Crippen LogP contribution in [-0.2, 0) is 4.74 Å². The first-order chi connectivity index (χ1) is 13.5. The van der Waals surface area contributed by atoms with Crippen LogP contribution in [0.15, 0.2) is 60.9 Å². The maximum atomic E-state index is 12.3. The molecule has 0 fully saturated rings. The Bertz CT molecular complexity index is 952. The number of nitrogens with one attached hydrogen (secondary N) is 2. The number of aromatic nitrogens is 2. The molecule has 7 nitrogen and oxygen atoms in total. The molecular formula is C21H20N4O3. The third-order valence-corrected chi connectivity index (χ3v) is 3.88.